The summed E-state index contributed by atoms with van der Waals surface area (Å²) in [6.07, 6.45) is 2.86. The second kappa shape index (κ2) is 7.53. The Hall–Kier alpha value is -1.98. The van der Waals surface area contributed by atoms with Crippen molar-refractivity contribution in [3.63, 3.8) is 0 Å². The van der Waals surface area contributed by atoms with Crippen LogP contribution in [0.5, 0.6) is 0 Å². The Balaban J connectivity index is 1.57. The quantitative estimate of drug-likeness (QED) is 0.918. The van der Waals surface area contributed by atoms with Gasteiger partial charge in [-0.1, -0.05) is 12.1 Å². The predicted molar refractivity (Wildman–Crippen MR) is 94.1 cm³/mol. The van der Waals surface area contributed by atoms with E-state index in [1.807, 2.05) is 13.0 Å². The molecule has 1 aliphatic rings. The maximum atomic E-state index is 4.39. The van der Waals surface area contributed by atoms with Crippen LogP contribution < -0.4 is 5.32 Å². The van der Waals surface area contributed by atoms with Gasteiger partial charge in [0.15, 0.2) is 0 Å². The number of rotatable bonds is 5. The van der Waals surface area contributed by atoms with E-state index in [-0.39, 0.29) is 0 Å². The zero-order valence-corrected chi connectivity index (χ0v) is 14.0. The van der Waals surface area contributed by atoms with Gasteiger partial charge in [0.05, 0.1) is 0 Å². The van der Waals surface area contributed by atoms with Gasteiger partial charge in [-0.3, -0.25) is 0 Å². The maximum absolute atomic E-state index is 4.39. The first kappa shape index (κ1) is 15.9. The lowest BCUT2D eigenvalue weighted by molar-refractivity contribution is 0.155. The van der Waals surface area contributed by atoms with Crippen LogP contribution in [0.1, 0.15) is 11.3 Å². The van der Waals surface area contributed by atoms with Crippen LogP contribution in [0.2, 0.25) is 0 Å². The largest absolute Gasteiger partial charge is 0.324 e. The highest BCUT2D eigenvalue weighted by molar-refractivity contribution is 5.54. The summed E-state index contributed by atoms with van der Waals surface area (Å²) >= 11 is 0. The molecule has 0 spiro atoms. The second-order valence-electron chi connectivity index (χ2n) is 6.24. The van der Waals surface area contributed by atoms with Crippen molar-refractivity contribution in [1.82, 2.24) is 19.8 Å². The summed E-state index contributed by atoms with van der Waals surface area (Å²) in [6.45, 7) is 7.79. The average molecular weight is 311 g/mol. The van der Waals surface area contributed by atoms with E-state index in [2.05, 4.69) is 56.4 Å². The molecule has 0 aliphatic carbocycles. The number of piperazine rings is 1. The molecule has 122 valence electrons. The Kier molecular flexibility index (Phi) is 5.20. The number of nitrogens with one attached hydrogen (secondary N) is 1. The highest BCUT2D eigenvalue weighted by atomic mass is 15.2. The van der Waals surface area contributed by atoms with Gasteiger partial charge in [0, 0.05) is 50.3 Å². The minimum absolute atomic E-state index is 0.654. The fraction of sp³-hybridized carbons (Fsp3) is 0.444. The van der Waals surface area contributed by atoms with Crippen molar-refractivity contribution in [2.24, 2.45) is 0 Å². The summed E-state index contributed by atoms with van der Waals surface area (Å²) in [5.41, 5.74) is 3.36. The van der Waals surface area contributed by atoms with E-state index in [1.54, 1.807) is 6.20 Å². The van der Waals surface area contributed by atoms with E-state index < -0.39 is 0 Å². The van der Waals surface area contributed by atoms with Gasteiger partial charge in [0.25, 0.3) is 0 Å². The van der Waals surface area contributed by atoms with Gasteiger partial charge in [0.1, 0.15) is 0 Å². The number of hydrogen-bond donors (Lipinski definition) is 1. The number of hydrogen-bond acceptors (Lipinski definition) is 5. The molecule has 3 rings (SSSR count). The molecule has 0 amide bonds. The van der Waals surface area contributed by atoms with E-state index >= 15 is 0 Å². The minimum Gasteiger partial charge on any atom is -0.324 e. The van der Waals surface area contributed by atoms with E-state index in [0.717, 1.165) is 24.3 Å². The van der Waals surface area contributed by atoms with Gasteiger partial charge < -0.3 is 15.1 Å². The second-order valence-corrected chi connectivity index (χ2v) is 6.24. The zero-order valence-electron chi connectivity index (χ0n) is 14.0. The van der Waals surface area contributed by atoms with Crippen LogP contribution >= 0.6 is 0 Å². The smallest absolute Gasteiger partial charge is 0.227 e. The number of aryl methyl sites for hydroxylation is 1. The summed E-state index contributed by atoms with van der Waals surface area (Å²) in [6, 6.07) is 10.4. The van der Waals surface area contributed by atoms with E-state index in [4.69, 9.17) is 0 Å². The topological polar surface area (TPSA) is 44.3 Å². The third-order valence-electron chi connectivity index (χ3n) is 4.29. The van der Waals surface area contributed by atoms with Gasteiger partial charge in [-0.05, 0) is 44.2 Å². The molecule has 1 fully saturated rings. The number of benzene rings is 1. The molecular formula is C18H25N5. The Morgan fingerprint density at radius 2 is 1.96 bits per heavy atom. The normalized spacial score (nSPS) is 16.4. The summed E-state index contributed by atoms with van der Waals surface area (Å²) in [5, 5.41) is 3.29. The molecule has 0 radical (unpaired) electrons. The van der Waals surface area contributed by atoms with Crippen LogP contribution in [-0.2, 0) is 6.42 Å². The molecule has 1 aliphatic heterocycles. The first-order chi connectivity index (χ1) is 11.2. The monoisotopic (exact) mass is 311 g/mol. The standard InChI is InChI=1S/C18H25N5/c1-15-6-8-19-18(20-15)21-17-5-3-4-16(14-17)7-9-23-12-10-22(2)11-13-23/h3-6,8,14H,7,9-13H2,1-2H3,(H,19,20,21). The fourth-order valence-electron chi connectivity index (χ4n) is 2.80. The summed E-state index contributed by atoms with van der Waals surface area (Å²) in [4.78, 5) is 13.6. The number of likely N-dealkylation sites (N-methyl/N-ethyl adjacent to an activating group) is 1. The van der Waals surface area contributed by atoms with Gasteiger partial charge in [-0.2, -0.15) is 0 Å². The van der Waals surface area contributed by atoms with Crippen LogP contribution in [0, 0.1) is 6.92 Å². The minimum atomic E-state index is 0.654. The molecule has 23 heavy (non-hydrogen) atoms. The van der Waals surface area contributed by atoms with Crippen LogP contribution in [0.25, 0.3) is 0 Å². The Labute approximate surface area is 138 Å². The van der Waals surface area contributed by atoms with Crippen molar-refractivity contribution in [1.29, 1.82) is 0 Å². The Bertz CT molecular complexity index is 635. The molecule has 5 nitrogen and oxygen atoms in total. The lowest BCUT2D eigenvalue weighted by atomic mass is 10.1. The molecule has 0 saturated carbocycles. The Morgan fingerprint density at radius 3 is 2.74 bits per heavy atom. The van der Waals surface area contributed by atoms with Crippen LogP contribution in [0.15, 0.2) is 36.5 Å². The molecule has 5 heteroatoms. The summed E-state index contributed by atoms with van der Waals surface area (Å²) in [7, 11) is 2.19. The van der Waals surface area contributed by atoms with Gasteiger partial charge in [-0.25, -0.2) is 9.97 Å². The van der Waals surface area contributed by atoms with Crippen LogP contribution in [-0.4, -0.2) is 59.5 Å². The molecule has 1 saturated heterocycles. The molecule has 0 unspecified atom stereocenters. The van der Waals surface area contributed by atoms with Gasteiger partial charge >= 0.3 is 0 Å². The first-order valence-corrected chi connectivity index (χ1v) is 8.25. The molecule has 0 atom stereocenters. The highest BCUT2D eigenvalue weighted by Gasteiger charge is 2.13. The highest BCUT2D eigenvalue weighted by Crippen LogP contribution is 2.15. The van der Waals surface area contributed by atoms with Crippen molar-refractivity contribution in [2.45, 2.75) is 13.3 Å². The Morgan fingerprint density at radius 1 is 1.13 bits per heavy atom. The maximum Gasteiger partial charge on any atom is 0.227 e. The van der Waals surface area contributed by atoms with Crippen molar-refractivity contribution in [2.75, 3.05) is 45.1 Å². The van der Waals surface area contributed by atoms with Crippen molar-refractivity contribution < 1.29 is 0 Å². The SMILES string of the molecule is Cc1ccnc(Nc2cccc(CCN3CCN(C)CC3)c2)n1. The van der Waals surface area contributed by atoms with Crippen molar-refractivity contribution in [3.8, 4) is 0 Å². The number of nitrogens with zero attached hydrogens (tertiary/aromatic N) is 4. The molecule has 2 aromatic rings. The summed E-state index contributed by atoms with van der Waals surface area (Å²) < 4.78 is 0. The van der Waals surface area contributed by atoms with Gasteiger partial charge in [-0.15, -0.1) is 0 Å². The number of aromatic nitrogens is 2. The molecular weight excluding hydrogens is 286 g/mol. The van der Waals surface area contributed by atoms with Crippen molar-refractivity contribution >= 4 is 11.6 Å². The van der Waals surface area contributed by atoms with E-state index in [9.17, 15) is 0 Å². The van der Waals surface area contributed by atoms with E-state index in [1.165, 1.54) is 31.7 Å². The van der Waals surface area contributed by atoms with Crippen molar-refractivity contribution in [3.05, 3.63) is 47.8 Å². The molecule has 1 aromatic heterocycles. The van der Waals surface area contributed by atoms with Gasteiger partial charge in [0.2, 0.25) is 5.95 Å². The predicted octanol–water partition coefficient (Wildman–Crippen LogP) is 2.32. The molecule has 0 bridgehead atoms. The zero-order chi connectivity index (χ0) is 16.1. The lowest BCUT2D eigenvalue weighted by Gasteiger charge is -2.32. The summed E-state index contributed by atoms with van der Waals surface area (Å²) in [5.74, 6) is 0.654. The average Bonchev–Trinajstić information content (AvgIpc) is 2.55. The first-order valence-electron chi connectivity index (χ1n) is 8.25. The van der Waals surface area contributed by atoms with Crippen LogP contribution in [0.3, 0.4) is 0 Å². The molecule has 2 heterocycles. The molecule has 1 aromatic carbocycles. The van der Waals surface area contributed by atoms with Crippen LogP contribution in [0.4, 0.5) is 11.6 Å². The third kappa shape index (κ3) is 4.74. The number of anilines is 2. The third-order valence-corrected chi connectivity index (χ3v) is 4.29. The molecule has 1 N–H and O–H groups in total. The fourth-order valence-corrected chi connectivity index (χ4v) is 2.80. The lowest BCUT2D eigenvalue weighted by Crippen LogP contribution is -2.45. The van der Waals surface area contributed by atoms with E-state index in [0.29, 0.717) is 5.95 Å².